The number of fused-ring (bicyclic) bond motifs is 1. The van der Waals surface area contributed by atoms with Crippen LogP contribution < -0.4 is 15.8 Å². The highest BCUT2D eigenvalue weighted by molar-refractivity contribution is 5.87. The molecule has 1 fully saturated rings. The van der Waals surface area contributed by atoms with Crippen molar-refractivity contribution in [3.63, 3.8) is 0 Å². The number of anilines is 2. The van der Waals surface area contributed by atoms with Crippen LogP contribution in [0.25, 0.3) is 11.0 Å². The highest BCUT2D eigenvalue weighted by Crippen LogP contribution is 2.27. The number of amides is 1. The lowest BCUT2D eigenvalue weighted by molar-refractivity contribution is -0.134. The standard InChI is InChI=1S/C37H59N7O7/c1-4-6-7-12-39-36-35-32(40-37(38)41-36)10-13-44(35)29-31-9-8-30(27-33(31)46-3)28-42-14-16-43(17-15-42)34(45)11-18-48-21-22-50-25-26-51-24-23-49-20-19-47-5-2/h8-10,13,27H,4-7,11-12,14-26,28-29H2,1-3H3,(H3,38,39,40,41). The maximum absolute atomic E-state index is 12.8. The fraction of sp³-hybridized carbons (Fsp3) is 0.649. The maximum Gasteiger partial charge on any atom is 0.224 e. The van der Waals surface area contributed by atoms with E-state index in [1.54, 1.807) is 7.11 Å². The lowest BCUT2D eigenvalue weighted by atomic mass is 10.1. The fourth-order valence-corrected chi connectivity index (χ4v) is 5.92. The van der Waals surface area contributed by atoms with E-state index < -0.39 is 0 Å². The smallest absolute Gasteiger partial charge is 0.224 e. The Hall–Kier alpha value is -3.53. The minimum Gasteiger partial charge on any atom is -0.496 e. The first-order valence-electron chi connectivity index (χ1n) is 18.4. The summed E-state index contributed by atoms with van der Waals surface area (Å²) >= 11 is 0. The molecule has 0 aliphatic carbocycles. The van der Waals surface area contributed by atoms with Gasteiger partial charge in [0.1, 0.15) is 11.3 Å². The van der Waals surface area contributed by atoms with Crippen molar-refractivity contribution in [2.75, 3.05) is 117 Å². The van der Waals surface area contributed by atoms with Gasteiger partial charge in [-0.25, -0.2) is 4.98 Å². The molecule has 14 nitrogen and oxygen atoms in total. The van der Waals surface area contributed by atoms with Gasteiger partial charge in [-0.3, -0.25) is 9.69 Å². The molecule has 3 heterocycles. The summed E-state index contributed by atoms with van der Waals surface area (Å²) in [6.07, 6.45) is 5.78. The Morgan fingerprint density at radius 1 is 0.824 bits per heavy atom. The summed E-state index contributed by atoms with van der Waals surface area (Å²) in [5.74, 6) is 1.99. The monoisotopic (exact) mass is 713 g/mol. The molecule has 3 N–H and O–H groups in total. The molecule has 0 radical (unpaired) electrons. The third-order valence-electron chi connectivity index (χ3n) is 8.68. The number of methoxy groups -OCH3 is 1. The number of rotatable bonds is 26. The molecule has 4 rings (SSSR count). The number of nitrogen functional groups attached to an aromatic ring is 1. The number of hydrogen-bond acceptors (Lipinski definition) is 12. The van der Waals surface area contributed by atoms with Crippen molar-refractivity contribution in [1.82, 2.24) is 24.3 Å². The molecular weight excluding hydrogens is 654 g/mol. The van der Waals surface area contributed by atoms with E-state index in [2.05, 4.69) is 49.9 Å². The number of aromatic nitrogens is 3. The summed E-state index contributed by atoms with van der Waals surface area (Å²) in [6, 6.07) is 8.39. The van der Waals surface area contributed by atoms with E-state index in [4.69, 9.17) is 34.2 Å². The molecule has 1 aliphatic heterocycles. The molecule has 1 amide bonds. The number of nitrogens with two attached hydrogens (primary N) is 1. The molecule has 51 heavy (non-hydrogen) atoms. The number of nitrogens with one attached hydrogen (secondary N) is 1. The van der Waals surface area contributed by atoms with Crippen molar-refractivity contribution in [1.29, 1.82) is 0 Å². The Bertz CT molecular complexity index is 1430. The quantitative estimate of drug-likeness (QED) is 0.117. The average molecular weight is 714 g/mol. The zero-order valence-corrected chi connectivity index (χ0v) is 30.9. The number of piperazine rings is 1. The number of ether oxygens (including phenoxy) is 6. The number of benzene rings is 1. The summed E-state index contributed by atoms with van der Waals surface area (Å²) in [6.45, 7) is 14.7. The summed E-state index contributed by atoms with van der Waals surface area (Å²) in [5, 5.41) is 3.47. The van der Waals surface area contributed by atoms with E-state index in [1.165, 1.54) is 5.56 Å². The lowest BCUT2D eigenvalue weighted by Crippen LogP contribution is -2.48. The van der Waals surface area contributed by atoms with E-state index >= 15 is 0 Å². The van der Waals surface area contributed by atoms with Crippen LogP contribution in [-0.2, 0) is 41.6 Å². The SMILES string of the molecule is CCCCCNc1nc(N)nc2ccn(Cc3ccc(CN4CCN(C(=O)CCOCCOCCOCCOCCOCC)CC4)cc3OC)c12. The predicted octanol–water partition coefficient (Wildman–Crippen LogP) is 3.81. The third kappa shape index (κ3) is 13.8. The normalized spacial score (nSPS) is 13.7. The minimum absolute atomic E-state index is 0.128. The van der Waals surface area contributed by atoms with E-state index in [-0.39, 0.29) is 11.9 Å². The van der Waals surface area contributed by atoms with E-state index in [0.29, 0.717) is 92.1 Å². The summed E-state index contributed by atoms with van der Waals surface area (Å²) in [5.41, 5.74) is 10.00. The molecule has 284 valence electrons. The van der Waals surface area contributed by atoms with Crippen LogP contribution in [0.2, 0.25) is 0 Å². The molecule has 14 heteroatoms. The largest absolute Gasteiger partial charge is 0.496 e. The predicted molar refractivity (Wildman–Crippen MR) is 198 cm³/mol. The third-order valence-corrected chi connectivity index (χ3v) is 8.68. The molecule has 0 unspecified atom stereocenters. The van der Waals surface area contributed by atoms with Gasteiger partial charge >= 0.3 is 0 Å². The van der Waals surface area contributed by atoms with Gasteiger partial charge in [-0.05, 0) is 31.0 Å². The highest BCUT2D eigenvalue weighted by Gasteiger charge is 2.21. The Kier molecular flexibility index (Phi) is 18.2. The van der Waals surface area contributed by atoms with Crippen LogP contribution in [0.4, 0.5) is 11.8 Å². The Morgan fingerprint density at radius 3 is 2.14 bits per heavy atom. The number of hydrogen-bond donors (Lipinski definition) is 2. The van der Waals surface area contributed by atoms with Gasteiger partial charge in [-0.1, -0.05) is 31.9 Å². The molecule has 0 spiro atoms. The molecule has 1 saturated heterocycles. The van der Waals surface area contributed by atoms with Crippen molar-refractivity contribution < 1.29 is 33.2 Å². The molecule has 1 aromatic carbocycles. The Labute approximate surface area is 302 Å². The molecule has 0 atom stereocenters. The number of carbonyl (C=O) groups excluding carboxylic acids is 1. The second kappa shape index (κ2) is 23.1. The van der Waals surface area contributed by atoms with Crippen LogP contribution in [-0.4, -0.2) is 136 Å². The van der Waals surface area contributed by atoms with E-state index in [1.807, 2.05) is 24.1 Å². The first-order chi connectivity index (χ1) is 25.0. The molecule has 2 aromatic heterocycles. The van der Waals surface area contributed by atoms with Gasteiger partial charge in [-0.2, -0.15) is 4.98 Å². The lowest BCUT2D eigenvalue weighted by Gasteiger charge is -2.35. The molecule has 1 aliphatic rings. The van der Waals surface area contributed by atoms with Gasteiger partial charge < -0.3 is 48.9 Å². The average Bonchev–Trinajstić information content (AvgIpc) is 3.54. The second-order valence-electron chi connectivity index (χ2n) is 12.4. The Balaban J connectivity index is 1.12. The van der Waals surface area contributed by atoms with Crippen molar-refractivity contribution >= 4 is 28.7 Å². The fourth-order valence-electron chi connectivity index (χ4n) is 5.92. The zero-order valence-electron chi connectivity index (χ0n) is 30.9. The minimum atomic E-state index is 0.128. The van der Waals surface area contributed by atoms with Gasteiger partial charge in [0.2, 0.25) is 11.9 Å². The van der Waals surface area contributed by atoms with Gasteiger partial charge in [0, 0.05) is 57.6 Å². The van der Waals surface area contributed by atoms with Crippen LogP contribution >= 0.6 is 0 Å². The summed E-state index contributed by atoms with van der Waals surface area (Å²) < 4.78 is 35.2. The first-order valence-corrected chi connectivity index (χ1v) is 18.4. The second-order valence-corrected chi connectivity index (χ2v) is 12.4. The van der Waals surface area contributed by atoms with Crippen LogP contribution in [0.5, 0.6) is 5.75 Å². The van der Waals surface area contributed by atoms with Gasteiger partial charge in [0.15, 0.2) is 5.82 Å². The summed E-state index contributed by atoms with van der Waals surface area (Å²) in [4.78, 5) is 26.0. The van der Waals surface area contributed by atoms with E-state index in [9.17, 15) is 4.79 Å². The van der Waals surface area contributed by atoms with Crippen molar-refractivity contribution in [2.24, 2.45) is 0 Å². The summed E-state index contributed by atoms with van der Waals surface area (Å²) in [7, 11) is 1.71. The Morgan fingerprint density at radius 2 is 1.49 bits per heavy atom. The zero-order chi connectivity index (χ0) is 36.1. The first kappa shape index (κ1) is 40.2. The van der Waals surface area contributed by atoms with Crippen LogP contribution in [0, 0.1) is 0 Å². The molecular formula is C37H59N7O7. The van der Waals surface area contributed by atoms with Crippen molar-refractivity contribution in [3.8, 4) is 5.75 Å². The highest BCUT2D eigenvalue weighted by atomic mass is 16.6. The van der Waals surface area contributed by atoms with Crippen molar-refractivity contribution in [2.45, 2.75) is 52.6 Å². The number of unbranched alkanes of at least 4 members (excludes halogenated alkanes) is 2. The molecule has 3 aromatic rings. The van der Waals surface area contributed by atoms with Gasteiger partial charge in [0.25, 0.3) is 0 Å². The van der Waals surface area contributed by atoms with E-state index in [0.717, 1.165) is 73.6 Å². The number of carbonyl (C=O) groups is 1. The van der Waals surface area contributed by atoms with Crippen molar-refractivity contribution in [3.05, 3.63) is 41.6 Å². The molecule has 0 bridgehead atoms. The van der Waals surface area contributed by atoms with Crippen LogP contribution in [0.15, 0.2) is 30.5 Å². The van der Waals surface area contributed by atoms with Gasteiger partial charge in [-0.15, -0.1) is 0 Å². The van der Waals surface area contributed by atoms with Crippen LogP contribution in [0.3, 0.4) is 0 Å². The molecule has 0 saturated carbocycles. The van der Waals surface area contributed by atoms with Gasteiger partial charge in [0.05, 0.1) is 85.1 Å². The number of nitrogens with zero attached hydrogens (tertiary/aromatic N) is 5. The van der Waals surface area contributed by atoms with Crippen LogP contribution in [0.1, 0.15) is 50.7 Å². The maximum atomic E-state index is 12.8. The topological polar surface area (TPSA) is 148 Å².